The van der Waals surface area contributed by atoms with E-state index in [2.05, 4.69) is 29.3 Å². The van der Waals surface area contributed by atoms with Crippen LogP contribution in [0.5, 0.6) is 0 Å². The van der Waals surface area contributed by atoms with Crippen molar-refractivity contribution < 1.29 is 9.53 Å². The smallest absolute Gasteiger partial charge is 0.235 e. The van der Waals surface area contributed by atoms with E-state index in [-0.39, 0.29) is 5.54 Å². The second kappa shape index (κ2) is 4.10. The number of nitrogens with zero attached hydrogens (tertiary/aromatic N) is 1. The summed E-state index contributed by atoms with van der Waals surface area (Å²) in [5.74, 6) is 0.521. The number of benzene rings is 1. The van der Waals surface area contributed by atoms with E-state index < -0.39 is 0 Å². The van der Waals surface area contributed by atoms with Gasteiger partial charge < -0.3 is 4.74 Å². The second-order valence-electron chi connectivity index (χ2n) is 4.95. The predicted molar refractivity (Wildman–Crippen MR) is 63.7 cm³/mol. The van der Waals surface area contributed by atoms with Crippen LogP contribution < -0.4 is 0 Å². The number of ether oxygens (including phenoxy) is 1. The van der Waals surface area contributed by atoms with Gasteiger partial charge in [0.1, 0.15) is 0 Å². The molecule has 0 N–H and O–H groups in total. The van der Waals surface area contributed by atoms with Gasteiger partial charge in [0.05, 0.1) is 18.8 Å². The molecule has 0 amide bonds. The molecular formula is C14H15NO2. The highest BCUT2D eigenvalue weighted by atomic mass is 16.5. The molecule has 2 fully saturated rings. The van der Waals surface area contributed by atoms with Crippen molar-refractivity contribution in [3.05, 3.63) is 35.4 Å². The highest BCUT2D eigenvalue weighted by molar-refractivity contribution is 5.41. The first-order chi connectivity index (χ1) is 8.34. The molecule has 1 aromatic carbocycles. The Kier molecular flexibility index (Phi) is 2.58. The lowest BCUT2D eigenvalue weighted by atomic mass is 9.72. The van der Waals surface area contributed by atoms with Gasteiger partial charge in [-0.3, -0.25) is 0 Å². The minimum absolute atomic E-state index is 0.275. The third-order valence-electron chi connectivity index (χ3n) is 3.97. The summed E-state index contributed by atoms with van der Waals surface area (Å²) >= 11 is 0. The van der Waals surface area contributed by atoms with Gasteiger partial charge in [0, 0.05) is 5.92 Å². The normalized spacial score (nSPS) is 22.1. The van der Waals surface area contributed by atoms with Gasteiger partial charge in [-0.15, -0.1) is 0 Å². The lowest BCUT2D eigenvalue weighted by Crippen LogP contribution is -2.32. The number of hydrogen-bond acceptors (Lipinski definition) is 3. The van der Waals surface area contributed by atoms with Crippen LogP contribution in [0.3, 0.4) is 0 Å². The fraction of sp³-hybridized carbons (Fsp3) is 0.500. The van der Waals surface area contributed by atoms with Crippen molar-refractivity contribution in [1.29, 1.82) is 0 Å². The van der Waals surface area contributed by atoms with Gasteiger partial charge in [-0.1, -0.05) is 24.3 Å². The van der Waals surface area contributed by atoms with Crippen molar-refractivity contribution >= 4 is 6.08 Å². The molecule has 1 aliphatic heterocycles. The molecule has 88 valence electrons. The molecule has 0 radical (unpaired) electrons. The molecule has 17 heavy (non-hydrogen) atoms. The zero-order chi connectivity index (χ0) is 11.7. The average Bonchev–Trinajstić information content (AvgIpc) is 2.21. The van der Waals surface area contributed by atoms with Crippen molar-refractivity contribution in [1.82, 2.24) is 0 Å². The predicted octanol–water partition coefficient (Wildman–Crippen LogP) is 2.52. The minimum atomic E-state index is -0.275. The van der Waals surface area contributed by atoms with E-state index >= 15 is 0 Å². The monoisotopic (exact) mass is 229 g/mol. The van der Waals surface area contributed by atoms with Crippen molar-refractivity contribution in [2.75, 3.05) is 13.2 Å². The molecule has 3 nitrogen and oxygen atoms in total. The molecule has 1 saturated carbocycles. The van der Waals surface area contributed by atoms with E-state index in [9.17, 15) is 4.79 Å². The van der Waals surface area contributed by atoms with Gasteiger partial charge in [0.2, 0.25) is 6.08 Å². The van der Waals surface area contributed by atoms with Crippen LogP contribution >= 0.6 is 0 Å². The Labute approximate surface area is 101 Å². The first-order valence-corrected chi connectivity index (χ1v) is 6.11. The highest BCUT2D eigenvalue weighted by Crippen LogP contribution is 2.45. The van der Waals surface area contributed by atoms with E-state index in [0.717, 1.165) is 38.0 Å². The summed E-state index contributed by atoms with van der Waals surface area (Å²) in [4.78, 5) is 14.6. The molecule has 3 rings (SSSR count). The number of carbonyl (C=O) groups excluding carboxylic acids is 1. The van der Waals surface area contributed by atoms with Gasteiger partial charge in [0.15, 0.2) is 0 Å². The molecule has 0 unspecified atom stereocenters. The molecule has 0 atom stereocenters. The summed E-state index contributed by atoms with van der Waals surface area (Å²) in [6.07, 6.45) is 4.81. The summed E-state index contributed by atoms with van der Waals surface area (Å²) < 4.78 is 5.22. The van der Waals surface area contributed by atoms with Crippen LogP contribution in [0, 0.1) is 0 Å². The van der Waals surface area contributed by atoms with Gasteiger partial charge in [-0.25, -0.2) is 4.79 Å². The third kappa shape index (κ3) is 1.72. The molecule has 1 aliphatic carbocycles. The van der Waals surface area contributed by atoms with E-state index in [0.29, 0.717) is 5.92 Å². The van der Waals surface area contributed by atoms with Crippen molar-refractivity contribution in [3.63, 3.8) is 0 Å². The van der Waals surface area contributed by atoms with Crippen LogP contribution in [0.15, 0.2) is 29.3 Å². The maximum atomic E-state index is 10.6. The fourth-order valence-electron chi connectivity index (χ4n) is 2.57. The quantitative estimate of drug-likeness (QED) is 0.590. The Bertz CT molecular complexity index is 469. The molecule has 0 aromatic heterocycles. The van der Waals surface area contributed by atoms with E-state index in [4.69, 9.17) is 4.74 Å². The Balaban J connectivity index is 1.93. The lowest BCUT2D eigenvalue weighted by Gasteiger charge is -2.38. The second-order valence-corrected chi connectivity index (χ2v) is 4.95. The fourth-order valence-corrected chi connectivity index (χ4v) is 2.57. The SMILES string of the molecule is O=C=NC1(c2cccc(C3COC3)c2)CCC1. The summed E-state index contributed by atoms with van der Waals surface area (Å²) in [6, 6.07) is 8.45. The Morgan fingerprint density at radius 1 is 1.35 bits per heavy atom. The number of hydrogen-bond donors (Lipinski definition) is 0. The average molecular weight is 229 g/mol. The largest absolute Gasteiger partial charge is 0.380 e. The Morgan fingerprint density at radius 2 is 2.18 bits per heavy atom. The third-order valence-corrected chi connectivity index (χ3v) is 3.97. The van der Waals surface area contributed by atoms with Crippen LogP contribution in [0.4, 0.5) is 0 Å². The first-order valence-electron chi connectivity index (χ1n) is 6.11. The van der Waals surface area contributed by atoms with Gasteiger partial charge >= 0.3 is 0 Å². The zero-order valence-corrected chi connectivity index (χ0v) is 9.69. The van der Waals surface area contributed by atoms with Crippen LogP contribution in [-0.4, -0.2) is 19.3 Å². The van der Waals surface area contributed by atoms with Crippen LogP contribution in [0.1, 0.15) is 36.3 Å². The molecule has 2 aliphatic rings. The van der Waals surface area contributed by atoms with E-state index in [1.54, 1.807) is 6.08 Å². The molecular weight excluding hydrogens is 214 g/mol. The van der Waals surface area contributed by atoms with Crippen molar-refractivity contribution in [2.45, 2.75) is 30.7 Å². The van der Waals surface area contributed by atoms with Gasteiger partial charge in [-0.05, 0) is 30.4 Å². The maximum absolute atomic E-state index is 10.6. The summed E-state index contributed by atoms with van der Waals surface area (Å²) in [6.45, 7) is 1.63. The van der Waals surface area contributed by atoms with Crippen LogP contribution in [-0.2, 0) is 15.1 Å². The van der Waals surface area contributed by atoms with Gasteiger partial charge in [0.25, 0.3) is 0 Å². The van der Waals surface area contributed by atoms with E-state index in [1.165, 1.54) is 5.56 Å². The maximum Gasteiger partial charge on any atom is 0.235 e. The molecule has 1 aromatic rings. The Morgan fingerprint density at radius 3 is 2.71 bits per heavy atom. The molecule has 0 bridgehead atoms. The molecule has 1 saturated heterocycles. The van der Waals surface area contributed by atoms with Crippen LogP contribution in [0.2, 0.25) is 0 Å². The Hall–Kier alpha value is -1.44. The molecule has 0 spiro atoms. The standard InChI is InChI=1S/C14H15NO2/c16-10-15-14(5-2-6-14)13-4-1-3-11(7-13)12-8-17-9-12/h1,3-4,7,12H,2,5-6,8-9H2. The minimum Gasteiger partial charge on any atom is -0.380 e. The van der Waals surface area contributed by atoms with E-state index in [1.807, 2.05) is 0 Å². The summed E-state index contributed by atoms with van der Waals surface area (Å²) in [5.41, 5.74) is 2.19. The number of rotatable bonds is 3. The zero-order valence-electron chi connectivity index (χ0n) is 9.69. The number of aliphatic imine (C=N–C) groups is 1. The number of isocyanates is 1. The summed E-state index contributed by atoms with van der Waals surface area (Å²) in [5, 5.41) is 0. The highest BCUT2D eigenvalue weighted by Gasteiger charge is 2.39. The van der Waals surface area contributed by atoms with Crippen molar-refractivity contribution in [3.8, 4) is 0 Å². The summed E-state index contributed by atoms with van der Waals surface area (Å²) in [7, 11) is 0. The molecule has 1 heterocycles. The first kappa shape index (κ1) is 10.7. The van der Waals surface area contributed by atoms with Crippen molar-refractivity contribution in [2.24, 2.45) is 4.99 Å². The van der Waals surface area contributed by atoms with Gasteiger partial charge in [-0.2, -0.15) is 4.99 Å². The lowest BCUT2D eigenvalue weighted by molar-refractivity contribution is 0.00833. The molecule has 3 heteroatoms. The van der Waals surface area contributed by atoms with Crippen LogP contribution in [0.25, 0.3) is 0 Å². The topological polar surface area (TPSA) is 38.7 Å².